The molecule has 0 aliphatic carbocycles. The van der Waals surface area contributed by atoms with E-state index in [1.807, 2.05) is 12.1 Å². The van der Waals surface area contributed by atoms with Gasteiger partial charge in [-0.05, 0) is 41.0 Å². The number of hydrogen-bond donors (Lipinski definition) is 0. The van der Waals surface area contributed by atoms with Gasteiger partial charge in [-0.2, -0.15) is 0 Å². The van der Waals surface area contributed by atoms with Crippen molar-refractivity contribution in [2.45, 2.75) is 18.4 Å². The number of hydrogen-bond acceptors (Lipinski definition) is 3. The molecule has 0 N–H and O–H groups in total. The second-order valence-corrected chi connectivity index (χ2v) is 7.43. The monoisotopic (exact) mass is 357 g/mol. The third-order valence-corrected chi connectivity index (χ3v) is 5.82. The summed E-state index contributed by atoms with van der Waals surface area (Å²) in [5, 5.41) is 0. The van der Waals surface area contributed by atoms with Gasteiger partial charge in [0.1, 0.15) is 17.2 Å². The molecule has 27 heavy (non-hydrogen) atoms. The number of likely N-dealkylation sites (tertiary alicyclic amines) is 1. The molecule has 3 aromatic rings. The first-order chi connectivity index (χ1) is 13.3. The van der Waals surface area contributed by atoms with E-state index >= 15 is 0 Å². The highest BCUT2D eigenvalue weighted by atomic mass is 16.5. The molecule has 5 rings (SSSR count). The largest absolute Gasteiger partial charge is 0.497 e. The predicted octanol–water partition coefficient (Wildman–Crippen LogP) is 5.18. The zero-order valence-corrected chi connectivity index (χ0v) is 15.5. The Balaban J connectivity index is 1.47. The Morgan fingerprint density at radius 1 is 0.815 bits per heavy atom. The molecule has 0 amide bonds. The van der Waals surface area contributed by atoms with Crippen molar-refractivity contribution in [2.75, 3.05) is 20.2 Å². The number of para-hydroxylation sites is 2. The van der Waals surface area contributed by atoms with Crippen LogP contribution in [0.3, 0.4) is 0 Å². The molecule has 0 spiro atoms. The molecule has 3 heteroatoms. The van der Waals surface area contributed by atoms with Gasteiger partial charge in [0.25, 0.3) is 0 Å². The van der Waals surface area contributed by atoms with Crippen LogP contribution in [-0.4, -0.2) is 25.1 Å². The van der Waals surface area contributed by atoms with Crippen molar-refractivity contribution in [1.82, 2.24) is 4.90 Å². The summed E-state index contributed by atoms with van der Waals surface area (Å²) in [5.41, 5.74) is 3.98. The smallest absolute Gasteiger partial charge is 0.130 e. The van der Waals surface area contributed by atoms with Crippen molar-refractivity contribution in [3.63, 3.8) is 0 Å². The number of fused-ring (bicyclic) bond motifs is 5. The van der Waals surface area contributed by atoms with Crippen LogP contribution in [0.4, 0.5) is 0 Å². The van der Waals surface area contributed by atoms with Crippen LogP contribution in [0, 0.1) is 0 Å². The molecule has 3 aromatic carbocycles. The standard InChI is InChI=1S/C24H23NO2/c1-26-18-12-10-17(11-13-18)14-25-15-21-19-6-2-4-8-23(19)27-24-9-5-3-7-20(24)22(21)16-25/h2-13,21-22H,14-16H2,1H3. The number of benzene rings is 3. The predicted molar refractivity (Wildman–Crippen MR) is 107 cm³/mol. The fourth-order valence-corrected chi connectivity index (χ4v) is 4.51. The molecule has 2 heterocycles. The molecule has 2 aliphatic heterocycles. The Bertz CT molecular complexity index is 897. The molecule has 0 saturated carbocycles. The van der Waals surface area contributed by atoms with Crippen LogP contribution in [-0.2, 0) is 6.54 Å². The van der Waals surface area contributed by atoms with Crippen molar-refractivity contribution in [1.29, 1.82) is 0 Å². The van der Waals surface area contributed by atoms with E-state index in [9.17, 15) is 0 Å². The van der Waals surface area contributed by atoms with E-state index in [4.69, 9.17) is 9.47 Å². The normalized spacial score (nSPS) is 20.8. The lowest BCUT2D eigenvalue weighted by molar-refractivity contribution is 0.321. The summed E-state index contributed by atoms with van der Waals surface area (Å²) in [4.78, 5) is 2.57. The van der Waals surface area contributed by atoms with Gasteiger partial charge in [0, 0.05) is 31.5 Å². The highest BCUT2D eigenvalue weighted by Gasteiger charge is 2.39. The van der Waals surface area contributed by atoms with E-state index in [1.165, 1.54) is 16.7 Å². The van der Waals surface area contributed by atoms with E-state index in [-0.39, 0.29) is 0 Å². The van der Waals surface area contributed by atoms with Gasteiger partial charge >= 0.3 is 0 Å². The summed E-state index contributed by atoms with van der Waals surface area (Å²) in [6.45, 7) is 3.05. The number of methoxy groups -OCH3 is 1. The Morgan fingerprint density at radius 2 is 1.37 bits per heavy atom. The summed E-state index contributed by atoms with van der Waals surface area (Å²) in [5.74, 6) is 3.84. The second-order valence-electron chi connectivity index (χ2n) is 7.43. The van der Waals surface area contributed by atoms with Crippen LogP contribution >= 0.6 is 0 Å². The van der Waals surface area contributed by atoms with Crippen LogP contribution in [0.15, 0.2) is 72.8 Å². The Hall–Kier alpha value is -2.78. The quantitative estimate of drug-likeness (QED) is 0.644. The third-order valence-electron chi connectivity index (χ3n) is 5.82. The Morgan fingerprint density at radius 3 is 1.93 bits per heavy atom. The SMILES string of the molecule is COc1ccc(CN2CC3c4ccccc4Oc4ccccc4C3C2)cc1. The van der Waals surface area contributed by atoms with E-state index in [0.717, 1.165) is 36.9 Å². The number of nitrogens with zero attached hydrogens (tertiary/aromatic N) is 1. The van der Waals surface area contributed by atoms with Gasteiger partial charge in [-0.3, -0.25) is 4.90 Å². The maximum Gasteiger partial charge on any atom is 0.130 e. The molecule has 0 bridgehead atoms. The van der Waals surface area contributed by atoms with Gasteiger partial charge < -0.3 is 9.47 Å². The van der Waals surface area contributed by atoms with Gasteiger partial charge in [0.15, 0.2) is 0 Å². The highest BCUT2D eigenvalue weighted by Crippen LogP contribution is 2.49. The molecule has 0 aromatic heterocycles. The maximum atomic E-state index is 6.29. The van der Waals surface area contributed by atoms with Crippen LogP contribution in [0.1, 0.15) is 28.5 Å². The van der Waals surface area contributed by atoms with Crippen molar-refractivity contribution < 1.29 is 9.47 Å². The van der Waals surface area contributed by atoms with Crippen LogP contribution in [0.5, 0.6) is 17.2 Å². The van der Waals surface area contributed by atoms with Crippen molar-refractivity contribution in [2.24, 2.45) is 0 Å². The van der Waals surface area contributed by atoms with Crippen molar-refractivity contribution in [3.8, 4) is 17.2 Å². The minimum atomic E-state index is 0.461. The summed E-state index contributed by atoms with van der Waals surface area (Å²) in [6.07, 6.45) is 0. The van der Waals surface area contributed by atoms with Gasteiger partial charge in [-0.25, -0.2) is 0 Å². The van der Waals surface area contributed by atoms with Gasteiger partial charge in [0.2, 0.25) is 0 Å². The summed E-state index contributed by atoms with van der Waals surface area (Å²) >= 11 is 0. The molecule has 2 atom stereocenters. The average Bonchev–Trinajstić information content (AvgIpc) is 3.07. The molecule has 3 nitrogen and oxygen atoms in total. The zero-order chi connectivity index (χ0) is 18.2. The fraction of sp³-hybridized carbons (Fsp3) is 0.250. The molecular formula is C24H23NO2. The maximum absolute atomic E-state index is 6.29. The lowest BCUT2D eigenvalue weighted by Gasteiger charge is -2.18. The van der Waals surface area contributed by atoms with E-state index in [2.05, 4.69) is 65.6 Å². The second kappa shape index (κ2) is 6.75. The minimum absolute atomic E-state index is 0.461. The minimum Gasteiger partial charge on any atom is -0.497 e. The van der Waals surface area contributed by atoms with Gasteiger partial charge in [-0.15, -0.1) is 0 Å². The van der Waals surface area contributed by atoms with Crippen molar-refractivity contribution in [3.05, 3.63) is 89.5 Å². The van der Waals surface area contributed by atoms with E-state index < -0.39 is 0 Å². The zero-order valence-electron chi connectivity index (χ0n) is 15.5. The van der Waals surface area contributed by atoms with E-state index in [0.29, 0.717) is 11.8 Å². The number of ether oxygens (including phenoxy) is 2. The average molecular weight is 357 g/mol. The lowest BCUT2D eigenvalue weighted by Crippen LogP contribution is -2.20. The molecular weight excluding hydrogens is 334 g/mol. The summed E-state index contributed by atoms with van der Waals surface area (Å²) < 4.78 is 11.6. The van der Waals surface area contributed by atoms with E-state index in [1.54, 1.807) is 7.11 Å². The topological polar surface area (TPSA) is 21.7 Å². The molecule has 136 valence electrons. The molecule has 2 unspecified atom stereocenters. The molecule has 2 aliphatic rings. The summed E-state index contributed by atoms with van der Waals surface area (Å²) in [6, 6.07) is 25.5. The van der Waals surface area contributed by atoms with Crippen LogP contribution in [0.25, 0.3) is 0 Å². The van der Waals surface area contributed by atoms with Crippen LogP contribution in [0.2, 0.25) is 0 Å². The van der Waals surface area contributed by atoms with Gasteiger partial charge in [0.05, 0.1) is 7.11 Å². The lowest BCUT2D eigenvalue weighted by atomic mass is 9.84. The Labute approximate surface area is 160 Å². The molecule has 0 radical (unpaired) electrons. The summed E-state index contributed by atoms with van der Waals surface area (Å²) in [7, 11) is 1.71. The third kappa shape index (κ3) is 2.98. The van der Waals surface area contributed by atoms with Gasteiger partial charge in [-0.1, -0.05) is 48.5 Å². The highest BCUT2D eigenvalue weighted by molar-refractivity contribution is 5.50. The number of rotatable bonds is 3. The fourth-order valence-electron chi connectivity index (χ4n) is 4.51. The van der Waals surface area contributed by atoms with Crippen molar-refractivity contribution >= 4 is 0 Å². The first-order valence-electron chi connectivity index (χ1n) is 9.53. The Kier molecular flexibility index (Phi) is 4.10. The molecule has 1 fully saturated rings. The van der Waals surface area contributed by atoms with Crippen LogP contribution < -0.4 is 9.47 Å². The molecule has 1 saturated heterocycles. The first-order valence-corrected chi connectivity index (χ1v) is 9.53. The first kappa shape index (κ1) is 16.4.